The van der Waals surface area contributed by atoms with Crippen molar-refractivity contribution in [2.45, 2.75) is 46.2 Å². The molecule has 0 aromatic heterocycles. The van der Waals surface area contributed by atoms with Crippen LogP contribution in [0.25, 0.3) is 0 Å². The first-order valence-corrected chi connectivity index (χ1v) is 3.81. The van der Waals surface area contributed by atoms with Crippen molar-refractivity contribution in [3.63, 3.8) is 0 Å². The molecular formula is C7H17B. The summed E-state index contributed by atoms with van der Waals surface area (Å²) in [4.78, 5) is 0. The minimum atomic E-state index is 0.963. The average Bonchev–Trinajstić information content (AvgIpc) is 1.68. The van der Waals surface area contributed by atoms with Crippen LogP contribution in [0, 0.1) is 0 Å². The first-order valence-electron chi connectivity index (χ1n) is 3.81. The lowest BCUT2D eigenvalue weighted by atomic mass is 9.46. The van der Waals surface area contributed by atoms with Gasteiger partial charge in [-0.3, -0.25) is 0 Å². The first kappa shape index (κ1) is 8.06. The normalized spacial score (nSPS) is 9.38. The molecule has 0 unspecified atom stereocenters. The minimum absolute atomic E-state index is 0.963. The van der Waals surface area contributed by atoms with E-state index in [9.17, 15) is 0 Å². The summed E-state index contributed by atoms with van der Waals surface area (Å²) in [6, 6.07) is 0. The van der Waals surface area contributed by atoms with Gasteiger partial charge < -0.3 is 0 Å². The van der Waals surface area contributed by atoms with Crippen LogP contribution in [0.1, 0.15) is 26.7 Å². The Balaban J connectivity index is 2.92. The lowest BCUT2D eigenvalue weighted by Gasteiger charge is -2.01. The highest BCUT2D eigenvalue weighted by atomic mass is 13.7. The Hall–Kier alpha value is 0.0649. The van der Waals surface area contributed by atoms with Gasteiger partial charge in [-0.2, -0.15) is 0 Å². The second-order valence-electron chi connectivity index (χ2n) is 2.68. The molecule has 1 heteroatoms. The maximum absolute atomic E-state index is 2.34. The highest BCUT2D eigenvalue weighted by Crippen LogP contribution is 2.03. The second-order valence-corrected chi connectivity index (χ2v) is 2.68. The molecule has 0 rings (SSSR count). The predicted octanol–water partition coefficient (Wildman–Crippen LogP) is 2.93. The van der Waals surface area contributed by atoms with E-state index in [1.165, 1.54) is 25.5 Å². The van der Waals surface area contributed by atoms with E-state index >= 15 is 0 Å². The van der Waals surface area contributed by atoms with Crippen molar-refractivity contribution in [2.24, 2.45) is 0 Å². The van der Waals surface area contributed by atoms with Crippen molar-refractivity contribution in [3.05, 3.63) is 0 Å². The fourth-order valence-electron chi connectivity index (χ4n) is 1.13. The van der Waals surface area contributed by atoms with Crippen LogP contribution in [0.5, 0.6) is 0 Å². The molecular weight excluding hydrogens is 94.9 g/mol. The molecule has 0 radical (unpaired) electrons. The van der Waals surface area contributed by atoms with Gasteiger partial charge in [0.15, 0.2) is 0 Å². The maximum Gasteiger partial charge on any atom is 0.136 e. The SMILES string of the molecule is CCCB(C)CCC. The van der Waals surface area contributed by atoms with Crippen molar-refractivity contribution >= 4 is 6.71 Å². The van der Waals surface area contributed by atoms with Gasteiger partial charge in [-0.15, -0.1) is 0 Å². The molecule has 0 fully saturated rings. The fraction of sp³-hybridized carbons (Fsp3) is 1.00. The summed E-state index contributed by atoms with van der Waals surface area (Å²) >= 11 is 0. The van der Waals surface area contributed by atoms with Crippen LogP contribution in [-0.4, -0.2) is 6.71 Å². The molecule has 0 aromatic rings. The second kappa shape index (κ2) is 5.21. The summed E-state index contributed by atoms with van der Waals surface area (Å²) in [5.41, 5.74) is 0. The van der Waals surface area contributed by atoms with Crippen molar-refractivity contribution < 1.29 is 0 Å². The molecule has 0 saturated carbocycles. The molecule has 0 aliphatic rings. The van der Waals surface area contributed by atoms with Gasteiger partial charge in [0.25, 0.3) is 0 Å². The van der Waals surface area contributed by atoms with Crippen LogP contribution in [-0.2, 0) is 0 Å². The van der Waals surface area contributed by atoms with E-state index in [0.717, 1.165) is 6.71 Å². The van der Waals surface area contributed by atoms with Gasteiger partial charge in [-0.05, 0) is 0 Å². The van der Waals surface area contributed by atoms with Crippen LogP contribution in [0.2, 0.25) is 19.5 Å². The van der Waals surface area contributed by atoms with Gasteiger partial charge >= 0.3 is 0 Å². The third-order valence-electron chi connectivity index (χ3n) is 1.56. The van der Waals surface area contributed by atoms with E-state index in [2.05, 4.69) is 20.7 Å². The van der Waals surface area contributed by atoms with Crippen molar-refractivity contribution in [1.29, 1.82) is 0 Å². The zero-order valence-corrected chi connectivity index (χ0v) is 6.41. The highest BCUT2D eigenvalue weighted by molar-refractivity contribution is 6.57. The summed E-state index contributed by atoms with van der Waals surface area (Å²) in [7, 11) is 0. The Morgan fingerprint density at radius 1 is 1.00 bits per heavy atom. The quantitative estimate of drug-likeness (QED) is 0.490. The summed E-state index contributed by atoms with van der Waals surface area (Å²) in [5.74, 6) is 0. The summed E-state index contributed by atoms with van der Waals surface area (Å²) in [6.45, 7) is 7.82. The Morgan fingerprint density at radius 3 is 1.62 bits per heavy atom. The summed E-state index contributed by atoms with van der Waals surface area (Å²) in [5, 5.41) is 0. The van der Waals surface area contributed by atoms with Crippen molar-refractivity contribution in [2.75, 3.05) is 0 Å². The van der Waals surface area contributed by atoms with Crippen molar-refractivity contribution in [1.82, 2.24) is 0 Å². The van der Waals surface area contributed by atoms with Gasteiger partial charge in [0.05, 0.1) is 0 Å². The van der Waals surface area contributed by atoms with Gasteiger partial charge in [-0.1, -0.05) is 46.2 Å². The summed E-state index contributed by atoms with van der Waals surface area (Å²) in [6.07, 6.45) is 5.52. The predicted molar refractivity (Wildman–Crippen MR) is 41.8 cm³/mol. The Morgan fingerprint density at radius 2 is 1.38 bits per heavy atom. The molecule has 0 atom stereocenters. The Kier molecular flexibility index (Phi) is 5.25. The van der Waals surface area contributed by atoms with Crippen LogP contribution in [0.3, 0.4) is 0 Å². The van der Waals surface area contributed by atoms with Crippen LogP contribution in [0.15, 0.2) is 0 Å². The standard InChI is InChI=1S/C7H17B/c1-4-6-8(3)7-5-2/h4-7H2,1-3H3. The third kappa shape index (κ3) is 4.23. The lowest BCUT2D eigenvalue weighted by Crippen LogP contribution is -2.03. The monoisotopic (exact) mass is 112 g/mol. The largest absolute Gasteiger partial charge is 0.136 e. The number of hydrogen-bond donors (Lipinski definition) is 0. The topological polar surface area (TPSA) is 0 Å². The Bertz CT molecular complexity index is 37.7. The van der Waals surface area contributed by atoms with Gasteiger partial charge in [0.2, 0.25) is 0 Å². The van der Waals surface area contributed by atoms with Crippen molar-refractivity contribution in [3.8, 4) is 0 Å². The Labute approximate surface area is 53.8 Å². The fourth-order valence-corrected chi connectivity index (χ4v) is 1.13. The van der Waals surface area contributed by atoms with E-state index < -0.39 is 0 Å². The molecule has 0 aliphatic carbocycles. The van der Waals surface area contributed by atoms with Gasteiger partial charge in [-0.25, -0.2) is 0 Å². The molecule has 48 valence electrons. The van der Waals surface area contributed by atoms with E-state index in [1.807, 2.05) is 0 Å². The molecule has 0 saturated heterocycles. The third-order valence-corrected chi connectivity index (χ3v) is 1.56. The molecule has 0 heterocycles. The maximum atomic E-state index is 2.34. The average molecular weight is 112 g/mol. The van der Waals surface area contributed by atoms with E-state index in [0.29, 0.717) is 0 Å². The molecule has 0 bridgehead atoms. The zero-order valence-electron chi connectivity index (χ0n) is 6.41. The number of rotatable bonds is 4. The van der Waals surface area contributed by atoms with Crippen LogP contribution in [0.4, 0.5) is 0 Å². The molecule has 0 nitrogen and oxygen atoms in total. The van der Waals surface area contributed by atoms with E-state index in [4.69, 9.17) is 0 Å². The van der Waals surface area contributed by atoms with Crippen LogP contribution >= 0.6 is 0 Å². The summed E-state index contributed by atoms with van der Waals surface area (Å²) < 4.78 is 0. The molecule has 0 aromatic carbocycles. The lowest BCUT2D eigenvalue weighted by molar-refractivity contribution is 1.01. The molecule has 0 aliphatic heterocycles. The molecule has 8 heavy (non-hydrogen) atoms. The molecule has 0 amide bonds. The van der Waals surface area contributed by atoms with Gasteiger partial charge in [0, 0.05) is 0 Å². The molecule has 0 N–H and O–H groups in total. The first-order chi connectivity index (χ1) is 3.81. The van der Waals surface area contributed by atoms with Gasteiger partial charge in [0.1, 0.15) is 6.71 Å². The minimum Gasteiger partial charge on any atom is -0.0861 e. The van der Waals surface area contributed by atoms with Crippen LogP contribution < -0.4 is 0 Å². The van der Waals surface area contributed by atoms with E-state index in [-0.39, 0.29) is 0 Å². The highest BCUT2D eigenvalue weighted by Gasteiger charge is 2.00. The van der Waals surface area contributed by atoms with E-state index in [1.54, 1.807) is 0 Å². The smallest absolute Gasteiger partial charge is 0.0861 e. The molecule has 0 spiro atoms. The number of hydrogen-bond acceptors (Lipinski definition) is 0. The zero-order chi connectivity index (χ0) is 6.41.